The highest BCUT2D eigenvalue weighted by molar-refractivity contribution is 5.20. The van der Waals surface area contributed by atoms with Crippen molar-refractivity contribution in [2.45, 2.75) is 45.6 Å². The van der Waals surface area contributed by atoms with Gasteiger partial charge in [-0.05, 0) is 31.2 Å². The molecule has 94 valence electrons. The van der Waals surface area contributed by atoms with E-state index in [0.29, 0.717) is 5.41 Å². The smallest absolute Gasteiger partial charge is 0.127 e. The maximum atomic E-state index is 13.6. The van der Waals surface area contributed by atoms with Gasteiger partial charge in [0.25, 0.3) is 0 Å². The van der Waals surface area contributed by atoms with Gasteiger partial charge in [-0.1, -0.05) is 38.0 Å². The van der Waals surface area contributed by atoms with E-state index in [4.69, 9.17) is 0 Å². The van der Waals surface area contributed by atoms with E-state index in [9.17, 15) is 4.39 Å². The van der Waals surface area contributed by atoms with Crippen molar-refractivity contribution in [1.29, 1.82) is 0 Å². The van der Waals surface area contributed by atoms with Crippen LogP contribution in [0.15, 0.2) is 24.3 Å². The van der Waals surface area contributed by atoms with Crippen LogP contribution in [-0.4, -0.2) is 6.54 Å². The molecule has 2 heteroatoms. The molecule has 0 amide bonds. The molecule has 1 saturated carbocycles. The van der Waals surface area contributed by atoms with Crippen molar-refractivity contribution in [3.8, 4) is 0 Å². The van der Waals surface area contributed by atoms with Gasteiger partial charge in [0.15, 0.2) is 0 Å². The molecule has 0 radical (unpaired) electrons. The minimum atomic E-state index is -0.107. The average Bonchev–Trinajstić information content (AvgIpc) is 2.74. The van der Waals surface area contributed by atoms with Gasteiger partial charge in [0.2, 0.25) is 0 Å². The fraction of sp³-hybridized carbons (Fsp3) is 0.600. The number of nitrogens with one attached hydrogen (secondary N) is 1. The van der Waals surface area contributed by atoms with E-state index in [0.717, 1.165) is 12.1 Å². The number of halogens is 1. The Kier molecular flexibility index (Phi) is 3.82. The topological polar surface area (TPSA) is 12.0 Å². The summed E-state index contributed by atoms with van der Waals surface area (Å²) in [6.07, 6.45) is 5.27. The molecule has 1 unspecified atom stereocenters. The van der Waals surface area contributed by atoms with Gasteiger partial charge in [-0.15, -0.1) is 0 Å². The van der Waals surface area contributed by atoms with Gasteiger partial charge in [0, 0.05) is 18.2 Å². The minimum absolute atomic E-state index is 0.0913. The number of benzene rings is 1. The van der Waals surface area contributed by atoms with Gasteiger partial charge < -0.3 is 5.32 Å². The van der Waals surface area contributed by atoms with Crippen LogP contribution in [0.4, 0.5) is 4.39 Å². The summed E-state index contributed by atoms with van der Waals surface area (Å²) >= 11 is 0. The lowest BCUT2D eigenvalue weighted by Gasteiger charge is -2.26. The summed E-state index contributed by atoms with van der Waals surface area (Å²) in [6, 6.07) is 7.13. The van der Waals surface area contributed by atoms with E-state index in [1.807, 2.05) is 19.1 Å². The second-order valence-electron chi connectivity index (χ2n) is 5.64. The van der Waals surface area contributed by atoms with Crippen molar-refractivity contribution >= 4 is 0 Å². The number of hydrogen-bond acceptors (Lipinski definition) is 1. The third kappa shape index (κ3) is 3.06. The van der Waals surface area contributed by atoms with Crippen LogP contribution < -0.4 is 5.32 Å². The molecule has 1 aromatic rings. The van der Waals surface area contributed by atoms with Crippen LogP contribution in [0.2, 0.25) is 0 Å². The zero-order chi connectivity index (χ0) is 12.3. The average molecular weight is 235 g/mol. The van der Waals surface area contributed by atoms with Crippen LogP contribution in [0.1, 0.15) is 51.1 Å². The van der Waals surface area contributed by atoms with Crippen molar-refractivity contribution in [3.63, 3.8) is 0 Å². The monoisotopic (exact) mass is 235 g/mol. The molecular weight excluding hydrogens is 213 g/mol. The summed E-state index contributed by atoms with van der Waals surface area (Å²) in [5, 5.41) is 3.48. The lowest BCUT2D eigenvalue weighted by molar-refractivity contribution is 0.300. The Morgan fingerprint density at radius 3 is 2.59 bits per heavy atom. The summed E-state index contributed by atoms with van der Waals surface area (Å²) in [6.45, 7) is 5.36. The normalized spacial score (nSPS) is 20.4. The molecule has 1 aliphatic carbocycles. The third-order valence-corrected chi connectivity index (χ3v) is 4.02. The van der Waals surface area contributed by atoms with E-state index < -0.39 is 0 Å². The Labute approximate surface area is 103 Å². The van der Waals surface area contributed by atoms with Crippen molar-refractivity contribution in [1.82, 2.24) is 5.32 Å². The summed E-state index contributed by atoms with van der Waals surface area (Å²) in [7, 11) is 0. The fourth-order valence-electron chi connectivity index (χ4n) is 2.74. The largest absolute Gasteiger partial charge is 0.310 e. The van der Waals surface area contributed by atoms with Crippen molar-refractivity contribution in [2.24, 2.45) is 5.41 Å². The van der Waals surface area contributed by atoms with Crippen LogP contribution in [0.5, 0.6) is 0 Å². The second kappa shape index (κ2) is 5.18. The first-order valence-electron chi connectivity index (χ1n) is 6.59. The maximum absolute atomic E-state index is 13.6. The zero-order valence-corrected chi connectivity index (χ0v) is 10.8. The molecule has 1 aliphatic rings. The summed E-state index contributed by atoms with van der Waals surface area (Å²) < 4.78 is 13.6. The van der Waals surface area contributed by atoms with E-state index in [1.165, 1.54) is 31.7 Å². The molecule has 0 bridgehead atoms. The quantitative estimate of drug-likeness (QED) is 0.830. The first kappa shape index (κ1) is 12.6. The molecule has 17 heavy (non-hydrogen) atoms. The van der Waals surface area contributed by atoms with Gasteiger partial charge in [-0.2, -0.15) is 0 Å². The first-order valence-corrected chi connectivity index (χ1v) is 6.59. The lowest BCUT2D eigenvalue weighted by Crippen LogP contribution is -2.31. The van der Waals surface area contributed by atoms with E-state index >= 15 is 0 Å². The minimum Gasteiger partial charge on any atom is -0.310 e. The van der Waals surface area contributed by atoms with E-state index in [-0.39, 0.29) is 11.9 Å². The molecule has 1 fully saturated rings. The Morgan fingerprint density at radius 1 is 1.29 bits per heavy atom. The van der Waals surface area contributed by atoms with E-state index in [2.05, 4.69) is 12.2 Å². The van der Waals surface area contributed by atoms with Crippen LogP contribution in [0.25, 0.3) is 0 Å². The highest BCUT2D eigenvalue weighted by atomic mass is 19.1. The predicted octanol–water partition coefficient (Wildman–Crippen LogP) is 4.06. The zero-order valence-electron chi connectivity index (χ0n) is 10.8. The Bertz CT molecular complexity index is 369. The molecule has 1 nitrogen and oxygen atoms in total. The molecular formula is C15H22FN. The highest BCUT2D eigenvalue weighted by Crippen LogP contribution is 2.37. The van der Waals surface area contributed by atoms with Gasteiger partial charge in [0.1, 0.15) is 5.82 Å². The Morgan fingerprint density at radius 2 is 1.94 bits per heavy atom. The summed E-state index contributed by atoms with van der Waals surface area (Å²) in [5.41, 5.74) is 1.19. The molecule has 0 saturated heterocycles. The summed E-state index contributed by atoms with van der Waals surface area (Å²) in [4.78, 5) is 0. The van der Waals surface area contributed by atoms with Crippen LogP contribution in [0.3, 0.4) is 0 Å². The standard InChI is InChI=1S/C15H22FN/c1-12(13-7-3-4-8-14(13)16)17-11-15(2)9-5-6-10-15/h3-4,7-8,12,17H,5-6,9-11H2,1-2H3. The maximum Gasteiger partial charge on any atom is 0.127 e. The Balaban J connectivity index is 1.93. The van der Waals surface area contributed by atoms with Crippen molar-refractivity contribution < 1.29 is 4.39 Å². The second-order valence-corrected chi connectivity index (χ2v) is 5.64. The highest BCUT2D eigenvalue weighted by Gasteiger charge is 2.28. The van der Waals surface area contributed by atoms with E-state index in [1.54, 1.807) is 6.07 Å². The molecule has 0 heterocycles. The molecule has 2 rings (SSSR count). The van der Waals surface area contributed by atoms with Crippen molar-refractivity contribution in [3.05, 3.63) is 35.6 Å². The molecule has 1 N–H and O–H groups in total. The molecule has 0 aliphatic heterocycles. The molecule has 0 spiro atoms. The SMILES string of the molecule is CC(NCC1(C)CCCC1)c1ccccc1F. The van der Waals surface area contributed by atoms with Crippen molar-refractivity contribution in [2.75, 3.05) is 6.54 Å². The van der Waals surface area contributed by atoms with Crippen LogP contribution >= 0.6 is 0 Å². The summed E-state index contributed by atoms with van der Waals surface area (Å²) in [5.74, 6) is -0.107. The van der Waals surface area contributed by atoms with Gasteiger partial charge in [-0.3, -0.25) is 0 Å². The molecule has 0 aromatic heterocycles. The third-order valence-electron chi connectivity index (χ3n) is 4.02. The predicted molar refractivity (Wildman–Crippen MR) is 69.4 cm³/mol. The van der Waals surface area contributed by atoms with Crippen LogP contribution in [0, 0.1) is 11.2 Å². The Hall–Kier alpha value is -0.890. The molecule has 1 atom stereocenters. The van der Waals surface area contributed by atoms with Crippen LogP contribution in [-0.2, 0) is 0 Å². The molecule has 1 aromatic carbocycles. The van der Waals surface area contributed by atoms with Gasteiger partial charge in [-0.25, -0.2) is 4.39 Å². The fourth-order valence-corrected chi connectivity index (χ4v) is 2.74. The lowest BCUT2D eigenvalue weighted by atomic mass is 9.88. The number of hydrogen-bond donors (Lipinski definition) is 1. The van der Waals surface area contributed by atoms with Gasteiger partial charge >= 0.3 is 0 Å². The van der Waals surface area contributed by atoms with Gasteiger partial charge in [0.05, 0.1) is 0 Å². The first-order chi connectivity index (χ1) is 8.11. The number of rotatable bonds is 4.